The molecule has 0 radical (unpaired) electrons. The molecule has 0 heterocycles. The van der Waals surface area contributed by atoms with Crippen molar-refractivity contribution in [1.82, 2.24) is 0 Å². The SMILES string of the molecule is O=C(CBr)c1cc(S(=O)(=O)Cl)c(Cl)cc1Cl. The number of carbonyl (C=O) groups excluding carboxylic acids is 1. The van der Waals surface area contributed by atoms with E-state index in [9.17, 15) is 13.2 Å². The van der Waals surface area contributed by atoms with Crippen LogP contribution in [0.5, 0.6) is 0 Å². The number of halogens is 4. The van der Waals surface area contributed by atoms with Crippen molar-refractivity contribution in [3.05, 3.63) is 27.7 Å². The van der Waals surface area contributed by atoms with Crippen LogP contribution in [0.3, 0.4) is 0 Å². The highest BCUT2D eigenvalue weighted by molar-refractivity contribution is 9.09. The molecule has 0 aliphatic carbocycles. The smallest absolute Gasteiger partial charge is 0.262 e. The first kappa shape index (κ1) is 14.3. The van der Waals surface area contributed by atoms with Crippen LogP contribution in [0, 0.1) is 0 Å². The van der Waals surface area contributed by atoms with Crippen molar-refractivity contribution in [1.29, 1.82) is 0 Å². The monoisotopic (exact) mass is 364 g/mol. The Bertz CT molecular complexity index is 542. The predicted octanol–water partition coefficient (Wildman–Crippen LogP) is 3.50. The number of Topliss-reactive ketones (excluding diaryl/α,β-unsaturated/α-hetero) is 1. The van der Waals surface area contributed by atoms with Crippen LogP contribution in [0.25, 0.3) is 0 Å². The van der Waals surface area contributed by atoms with Crippen molar-refractivity contribution in [3.63, 3.8) is 0 Å². The van der Waals surface area contributed by atoms with Gasteiger partial charge in [-0.2, -0.15) is 0 Å². The minimum absolute atomic E-state index is 0.0239. The largest absolute Gasteiger partial charge is 0.293 e. The average Bonchev–Trinajstić information content (AvgIpc) is 2.14. The lowest BCUT2D eigenvalue weighted by Gasteiger charge is -2.05. The second-order valence-corrected chi connectivity index (χ2v) is 6.67. The molecule has 0 fully saturated rings. The zero-order chi connectivity index (χ0) is 12.5. The van der Waals surface area contributed by atoms with Crippen molar-refractivity contribution >= 4 is 64.6 Å². The van der Waals surface area contributed by atoms with Gasteiger partial charge in [0, 0.05) is 16.2 Å². The molecule has 0 saturated carbocycles. The first-order chi connectivity index (χ1) is 7.27. The summed E-state index contributed by atoms with van der Waals surface area (Å²) >= 11 is 14.4. The molecular formula is C8H4BrCl3O3S. The van der Waals surface area contributed by atoms with Gasteiger partial charge in [0.25, 0.3) is 9.05 Å². The maximum atomic E-state index is 11.4. The van der Waals surface area contributed by atoms with E-state index in [0.29, 0.717) is 0 Å². The molecule has 0 amide bonds. The summed E-state index contributed by atoms with van der Waals surface area (Å²) in [6.07, 6.45) is 0. The van der Waals surface area contributed by atoms with E-state index < -0.39 is 9.05 Å². The lowest BCUT2D eigenvalue weighted by molar-refractivity contribution is 0.102. The number of benzene rings is 1. The Hall–Kier alpha value is 0.190. The normalized spacial score (nSPS) is 11.5. The lowest BCUT2D eigenvalue weighted by atomic mass is 10.1. The highest BCUT2D eigenvalue weighted by atomic mass is 79.9. The van der Waals surface area contributed by atoms with Gasteiger partial charge in [-0.05, 0) is 12.1 Å². The molecule has 0 saturated heterocycles. The van der Waals surface area contributed by atoms with Crippen molar-refractivity contribution < 1.29 is 13.2 Å². The number of rotatable bonds is 3. The molecule has 0 aromatic heterocycles. The van der Waals surface area contributed by atoms with Gasteiger partial charge >= 0.3 is 0 Å². The van der Waals surface area contributed by atoms with Crippen molar-refractivity contribution in [2.24, 2.45) is 0 Å². The summed E-state index contributed by atoms with van der Waals surface area (Å²) in [6.45, 7) is 0. The Morgan fingerprint density at radius 1 is 1.25 bits per heavy atom. The summed E-state index contributed by atoms with van der Waals surface area (Å²) in [6, 6.07) is 2.24. The zero-order valence-electron chi connectivity index (χ0n) is 7.51. The van der Waals surface area contributed by atoms with Gasteiger partial charge in [-0.1, -0.05) is 39.1 Å². The molecule has 0 aliphatic rings. The Balaban J connectivity index is 3.51. The maximum absolute atomic E-state index is 11.4. The summed E-state index contributed by atoms with van der Waals surface area (Å²) in [7, 11) is 1.16. The van der Waals surface area contributed by atoms with Crippen LogP contribution in [0.1, 0.15) is 10.4 Å². The fourth-order valence-corrected chi connectivity index (χ4v) is 3.15. The highest BCUT2D eigenvalue weighted by Crippen LogP contribution is 2.31. The van der Waals surface area contributed by atoms with E-state index in [1.165, 1.54) is 6.07 Å². The number of hydrogen-bond acceptors (Lipinski definition) is 3. The second kappa shape index (κ2) is 5.23. The molecule has 3 nitrogen and oxygen atoms in total. The molecule has 88 valence electrons. The third-order valence-corrected chi connectivity index (χ3v) is 4.31. The van der Waals surface area contributed by atoms with Gasteiger partial charge < -0.3 is 0 Å². The van der Waals surface area contributed by atoms with Crippen LogP contribution in [-0.2, 0) is 9.05 Å². The topological polar surface area (TPSA) is 51.2 Å². The summed E-state index contributed by atoms with van der Waals surface area (Å²) in [5.41, 5.74) is 0.0576. The molecule has 1 aromatic carbocycles. The van der Waals surface area contributed by atoms with Crippen LogP contribution in [0.15, 0.2) is 17.0 Å². The fourth-order valence-electron chi connectivity index (χ4n) is 1.00. The van der Waals surface area contributed by atoms with Gasteiger partial charge in [-0.15, -0.1) is 0 Å². The highest BCUT2D eigenvalue weighted by Gasteiger charge is 2.20. The van der Waals surface area contributed by atoms with E-state index in [1.54, 1.807) is 0 Å². The van der Waals surface area contributed by atoms with E-state index >= 15 is 0 Å². The van der Waals surface area contributed by atoms with E-state index in [0.717, 1.165) is 6.07 Å². The second-order valence-electron chi connectivity index (χ2n) is 2.76. The zero-order valence-corrected chi connectivity index (χ0v) is 12.2. The molecule has 16 heavy (non-hydrogen) atoms. The summed E-state index contributed by atoms with van der Waals surface area (Å²) in [5, 5.41) is -0.0134. The average molecular weight is 366 g/mol. The van der Waals surface area contributed by atoms with E-state index in [4.69, 9.17) is 33.9 Å². The Kier molecular flexibility index (Phi) is 4.66. The molecule has 0 aliphatic heterocycles. The number of ketones is 1. The third-order valence-electron chi connectivity index (χ3n) is 1.71. The predicted molar refractivity (Wildman–Crippen MR) is 67.6 cm³/mol. The van der Waals surface area contributed by atoms with Gasteiger partial charge in [0.1, 0.15) is 4.90 Å². The van der Waals surface area contributed by atoms with Crippen LogP contribution >= 0.6 is 49.8 Å². The van der Waals surface area contributed by atoms with Gasteiger partial charge in [-0.3, -0.25) is 4.79 Å². The van der Waals surface area contributed by atoms with E-state index in [-0.39, 0.29) is 31.6 Å². The quantitative estimate of drug-likeness (QED) is 0.467. The Morgan fingerprint density at radius 3 is 2.25 bits per heavy atom. The van der Waals surface area contributed by atoms with Crippen LogP contribution in [0.2, 0.25) is 10.0 Å². The molecule has 1 aromatic rings. The first-order valence-corrected chi connectivity index (χ1v) is 7.99. The standard InChI is InChI=1S/C8H4BrCl3O3S/c9-3-7(13)4-1-8(16(12,14)15)6(11)2-5(4)10/h1-2H,3H2. The Labute approximate surface area is 115 Å². The van der Waals surface area contributed by atoms with Gasteiger partial charge in [-0.25, -0.2) is 8.42 Å². The van der Waals surface area contributed by atoms with Crippen molar-refractivity contribution in [2.45, 2.75) is 4.90 Å². The van der Waals surface area contributed by atoms with Crippen LogP contribution < -0.4 is 0 Å². The number of carbonyl (C=O) groups is 1. The number of alkyl halides is 1. The summed E-state index contributed by atoms with van der Waals surface area (Å²) in [4.78, 5) is 11.1. The number of hydrogen-bond donors (Lipinski definition) is 0. The summed E-state index contributed by atoms with van der Waals surface area (Å²) < 4.78 is 22.3. The minimum atomic E-state index is -4.00. The molecule has 0 unspecified atom stereocenters. The fraction of sp³-hybridized carbons (Fsp3) is 0.125. The minimum Gasteiger partial charge on any atom is -0.293 e. The molecule has 0 spiro atoms. The molecule has 0 bridgehead atoms. The first-order valence-electron chi connectivity index (χ1n) is 3.80. The van der Waals surface area contributed by atoms with E-state index in [1.807, 2.05) is 0 Å². The summed E-state index contributed by atoms with van der Waals surface area (Å²) in [5.74, 6) is -0.358. The van der Waals surface area contributed by atoms with E-state index in [2.05, 4.69) is 15.9 Å². The van der Waals surface area contributed by atoms with Crippen LogP contribution in [-0.4, -0.2) is 19.5 Å². The Morgan fingerprint density at radius 2 is 1.81 bits per heavy atom. The maximum Gasteiger partial charge on any atom is 0.262 e. The van der Waals surface area contributed by atoms with Crippen molar-refractivity contribution in [3.8, 4) is 0 Å². The van der Waals surface area contributed by atoms with Gasteiger partial charge in [0.05, 0.1) is 15.4 Å². The lowest BCUT2D eigenvalue weighted by Crippen LogP contribution is -2.03. The molecular weight excluding hydrogens is 362 g/mol. The van der Waals surface area contributed by atoms with Gasteiger partial charge in [0.2, 0.25) is 0 Å². The molecule has 0 atom stereocenters. The van der Waals surface area contributed by atoms with Gasteiger partial charge in [0.15, 0.2) is 5.78 Å². The van der Waals surface area contributed by atoms with Crippen molar-refractivity contribution in [2.75, 3.05) is 5.33 Å². The van der Waals surface area contributed by atoms with Crippen LogP contribution in [0.4, 0.5) is 0 Å². The molecule has 1 rings (SSSR count). The molecule has 0 N–H and O–H groups in total. The molecule has 8 heteroatoms. The third kappa shape index (κ3) is 3.11.